The van der Waals surface area contributed by atoms with Crippen LogP contribution in [0.1, 0.15) is 33.9 Å². The summed E-state index contributed by atoms with van der Waals surface area (Å²) in [5, 5.41) is 2.08. The molecule has 5 aromatic rings. The lowest BCUT2D eigenvalue weighted by molar-refractivity contribution is 0.122. The molecule has 2 aliphatic heterocycles. The Balaban J connectivity index is 1.43. The molecule has 5 aromatic carbocycles. The second-order valence-electron chi connectivity index (χ2n) is 12.0. The fraction of sp³-hybridized carbons (Fsp3) is 0.250. The van der Waals surface area contributed by atoms with Crippen LogP contribution < -0.4 is 23.8 Å². The van der Waals surface area contributed by atoms with Crippen molar-refractivity contribution < 1.29 is 28.4 Å². The maximum absolute atomic E-state index is 7.44. The van der Waals surface area contributed by atoms with Crippen LogP contribution in [0.2, 0.25) is 0 Å². The van der Waals surface area contributed by atoms with Crippen molar-refractivity contribution in [3.8, 4) is 34.1 Å². The van der Waals surface area contributed by atoms with Crippen LogP contribution in [0, 0.1) is 0 Å². The number of anilines is 1. The summed E-state index contributed by atoms with van der Waals surface area (Å²) in [5.41, 5.74) is 7.69. The SMILES string of the molecule is COc1ccc(C2(c3ccc(OC)cc3)C=Cc3c4c(c5cc(N6CCOCC6)c(OC)cc5c3O2)-c2ccccc2C4OC)cc1. The van der Waals surface area contributed by atoms with Crippen LogP contribution in [0.5, 0.6) is 23.0 Å². The molecular formula is C40H37NO6. The number of fused-ring (bicyclic) bond motifs is 8. The molecule has 1 aliphatic carbocycles. The molecule has 3 aliphatic rings. The van der Waals surface area contributed by atoms with Gasteiger partial charge in [-0.25, -0.2) is 0 Å². The van der Waals surface area contributed by atoms with Gasteiger partial charge < -0.3 is 33.3 Å². The van der Waals surface area contributed by atoms with Gasteiger partial charge in [0.15, 0.2) is 5.60 Å². The molecule has 0 bridgehead atoms. The van der Waals surface area contributed by atoms with E-state index < -0.39 is 5.60 Å². The fourth-order valence-corrected chi connectivity index (χ4v) is 7.47. The van der Waals surface area contributed by atoms with Crippen molar-refractivity contribution in [1.82, 2.24) is 0 Å². The van der Waals surface area contributed by atoms with Gasteiger partial charge in [0.05, 0.1) is 40.2 Å². The van der Waals surface area contributed by atoms with Gasteiger partial charge in [0.1, 0.15) is 29.1 Å². The lowest BCUT2D eigenvalue weighted by atomic mass is 9.81. The highest BCUT2D eigenvalue weighted by molar-refractivity contribution is 6.09. The topological polar surface area (TPSA) is 58.6 Å². The number of benzene rings is 5. The molecular weight excluding hydrogens is 590 g/mol. The van der Waals surface area contributed by atoms with E-state index in [4.69, 9.17) is 28.4 Å². The van der Waals surface area contributed by atoms with Gasteiger partial charge in [0.2, 0.25) is 0 Å². The van der Waals surface area contributed by atoms with E-state index in [1.54, 1.807) is 28.4 Å². The molecule has 0 aromatic heterocycles. The lowest BCUT2D eigenvalue weighted by Crippen LogP contribution is -2.36. The fourth-order valence-electron chi connectivity index (χ4n) is 7.47. The van der Waals surface area contributed by atoms with Crippen LogP contribution in [0.3, 0.4) is 0 Å². The van der Waals surface area contributed by atoms with E-state index in [1.165, 1.54) is 11.1 Å². The van der Waals surface area contributed by atoms with Crippen LogP contribution in [0.25, 0.3) is 28.0 Å². The lowest BCUT2D eigenvalue weighted by Gasteiger charge is -2.38. The molecule has 1 unspecified atom stereocenters. The van der Waals surface area contributed by atoms with Crippen LogP contribution in [-0.4, -0.2) is 54.7 Å². The number of rotatable bonds is 7. The Labute approximate surface area is 274 Å². The Hall–Kier alpha value is -4.98. The Morgan fingerprint density at radius 1 is 0.745 bits per heavy atom. The Morgan fingerprint density at radius 3 is 2.02 bits per heavy atom. The average Bonchev–Trinajstić information content (AvgIpc) is 3.49. The highest BCUT2D eigenvalue weighted by Gasteiger charge is 2.42. The molecule has 0 saturated carbocycles. The molecule has 238 valence electrons. The first-order valence-corrected chi connectivity index (χ1v) is 15.9. The van der Waals surface area contributed by atoms with Crippen molar-refractivity contribution in [2.24, 2.45) is 0 Å². The quantitative estimate of drug-likeness (QED) is 0.183. The zero-order valence-electron chi connectivity index (χ0n) is 27.0. The van der Waals surface area contributed by atoms with Crippen LogP contribution >= 0.6 is 0 Å². The van der Waals surface area contributed by atoms with Crippen LogP contribution in [-0.2, 0) is 15.1 Å². The first kappa shape index (κ1) is 29.4. The number of morpholine rings is 1. The molecule has 0 spiro atoms. The first-order valence-electron chi connectivity index (χ1n) is 15.9. The van der Waals surface area contributed by atoms with Crippen molar-refractivity contribution in [3.63, 3.8) is 0 Å². The van der Waals surface area contributed by atoms with Gasteiger partial charge in [-0.15, -0.1) is 0 Å². The number of nitrogens with zero attached hydrogens (tertiary/aromatic N) is 1. The summed E-state index contributed by atoms with van der Waals surface area (Å²) in [7, 11) is 6.88. The van der Waals surface area contributed by atoms with Gasteiger partial charge in [0.25, 0.3) is 0 Å². The van der Waals surface area contributed by atoms with Crippen molar-refractivity contribution in [2.45, 2.75) is 11.7 Å². The van der Waals surface area contributed by atoms with Crippen LogP contribution in [0.4, 0.5) is 5.69 Å². The summed E-state index contributed by atoms with van der Waals surface area (Å²) in [4.78, 5) is 2.35. The minimum atomic E-state index is -0.934. The van der Waals surface area contributed by atoms with Crippen molar-refractivity contribution in [3.05, 3.63) is 119 Å². The van der Waals surface area contributed by atoms with E-state index in [0.717, 1.165) is 80.4 Å². The number of hydrogen-bond donors (Lipinski definition) is 0. The number of ether oxygens (including phenoxy) is 6. The van der Waals surface area contributed by atoms with Gasteiger partial charge >= 0.3 is 0 Å². The summed E-state index contributed by atoms with van der Waals surface area (Å²) < 4.78 is 36.5. The third-order valence-electron chi connectivity index (χ3n) is 9.78. The predicted octanol–water partition coefficient (Wildman–Crippen LogP) is 7.77. The third kappa shape index (κ3) is 4.56. The van der Waals surface area contributed by atoms with E-state index in [-0.39, 0.29) is 6.10 Å². The predicted molar refractivity (Wildman–Crippen MR) is 184 cm³/mol. The van der Waals surface area contributed by atoms with Crippen molar-refractivity contribution >= 4 is 22.5 Å². The minimum Gasteiger partial charge on any atom is -0.497 e. The van der Waals surface area contributed by atoms with E-state index >= 15 is 0 Å². The minimum absolute atomic E-state index is 0.240. The number of hydrogen-bond acceptors (Lipinski definition) is 7. The molecule has 2 heterocycles. The van der Waals surface area contributed by atoms with Gasteiger partial charge in [-0.3, -0.25) is 0 Å². The molecule has 0 amide bonds. The monoisotopic (exact) mass is 627 g/mol. The first-order chi connectivity index (χ1) is 23.1. The Bertz CT molecular complexity index is 1950. The molecule has 47 heavy (non-hydrogen) atoms. The highest BCUT2D eigenvalue weighted by Crippen LogP contribution is 2.57. The van der Waals surface area contributed by atoms with E-state index in [2.05, 4.69) is 77.7 Å². The zero-order valence-corrected chi connectivity index (χ0v) is 27.0. The highest BCUT2D eigenvalue weighted by atomic mass is 16.5. The second kappa shape index (κ2) is 11.7. The summed E-state index contributed by atoms with van der Waals surface area (Å²) in [5.74, 6) is 3.15. The molecule has 7 nitrogen and oxygen atoms in total. The molecule has 7 heteroatoms. The zero-order chi connectivity index (χ0) is 32.1. The summed E-state index contributed by atoms with van der Waals surface area (Å²) >= 11 is 0. The molecule has 8 rings (SSSR count). The normalized spacial score (nSPS) is 17.4. The summed E-state index contributed by atoms with van der Waals surface area (Å²) in [6, 6.07) is 29.1. The molecule has 0 radical (unpaired) electrons. The summed E-state index contributed by atoms with van der Waals surface area (Å²) in [6.07, 6.45) is 4.14. The summed E-state index contributed by atoms with van der Waals surface area (Å²) in [6.45, 7) is 2.95. The Kier molecular flexibility index (Phi) is 7.31. The molecule has 0 N–H and O–H groups in total. The molecule has 1 saturated heterocycles. The number of methoxy groups -OCH3 is 4. The smallest absolute Gasteiger partial charge is 0.178 e. The van der Waals surface area contributed by atoms with Crippen molar-refractivity contribution in [1.29, 1.82) is 0 Å². The van der Waals surface area contributed by atoms with Gasteiger partial charge in [-0.05, 0) is 64.6 Å². The van der Waals surface area contributed by atoms with E-state index in [0.29, 0.717) is 13.2 Å². The Morgan fingerprint density at radius 2 is 1.40 bits per heavy atom. The standard InChI is InChI=1S/C40H37NO6/c1-42-27-13-9-25(10-14-27)40(26-11-15-28(43-2)16-12-26)18-17-31-37-36(29-7-5-6-8-30(29)39(37)45-4)32-23-34(41-19-21-46-22-20-41)35(44-3)24-33(32)38(31)47-40/h5-18,23-24,39H,19-22H2,1-4H3. The molecule has 1 fully saturated rings. The second-order valence-corrected chi connectivity index (χ2v) is 12.0. The molecule has 1 atom stereocenters. The maximum atomic E-state index is 7.44. The average molecular weight is 628 g/mol. The van der Waals surface area contributed by atoms with Gasteiger partial charge in [0, 0.05) is 47.8 Å². The van der Waals surface area contributed by atoms with Crippen molar-refractivity contribution in [2.75, 3.05) is 59.6 Å². The van der Waals surface area contributed by atoms with Crippen LogP contribution in [0.15, 0.2) is 91.0 Å². The van der Waals surface area contributed by atoms with Gasteiger partial charge in [-0.1, -0.05) is 54.6 Å². The van der Waals surface area contributed by atoms with E-state index in [1.807, 2.05) is 24.3 Å². The van der Waals surface area contributed by atoms with Gasteiger partial charge in [-0.2, -0.15) is 0 Å². The largest absolute Gasteiger partial charge is 0.497 e. The van der Waals surface area contributed by atoms with E-state index in [9.17, 15) is 0 Å². The maximum Gasteiger partial charge on any atom is 0.178 e. The third-order valence-corrected chi connectivity index (χ3v) is 9.78.